The lowest BCUT2D eigenvalue weighted by atomic mass is 10.1. The smallest absolute Gasteiger partial charge is 0.122 e. The van der Waals surface area contributed by atoms with Gasteiger partial charge in [-0.1, -0.05) is 13.8 Å². The van der Waals surface area contributed by atoms with Crippen molar-refractivity contribution in [2.75, 3.05) is 14.2 Å². The number of hydrogen-bond donors (Lipinski definition) is 1. The number of thiazole rings is 1. The maximum absolute atomic E-state index is 5.64. The zero-order valence-corrected chi connectivity index (χ0v) is 12.6. The summed E-state index contributed by atoms with van der Waals surface area (Å²) >= 11 is 1.83. The summed E-state index contributed by atoms with van der Waals surface area (Å²) < 4.78 is 5.64. The number of methoxy groups -OCH3 is 1. The minimum atomic E-state index is 0.228. The van der Waals surface area contributed by atoms with Crippen molar-refractivity contribution in [2.45, 2.75) is 45.8 Å². The van der Waals surface area contributed by atoms with Gasteiger partial charge in [0.05, 0.1) is 5.69 Å². The summed E-state index contributed by atoms with van der Waals surface area (Å²) in [5, 5.41) is 4.42. The molecule has 0 amide bonds. The van der Waals surface area contributed by atoms with Crippen molar-refractivity contribution in [2.24, 2.45) is 11.8 Å². The Balaban J connectivity index is 2.19. The van der Waals surface area contributed by atoms with E-state index in [-0.39, 0.29) is 6.10 Å². The van der Waals surface area contributed by atoms with Gasteiger partial charge in [-0.15, -0.1) is 11.3 Å². The Morgan fingerprint density at radius 2 is 2.17 bits per heavy atom. The highest BCUT2D eigenvalue weighted by Crippen LogP contribution is 2.44. The first-order valence-corrected chi connectivity index (χ1v) is 7.63. The van der Waals surface area contributed by atoms with E-state index in [1.807, 2.05) is 25.5 Å². The molecule has 0 spiro atoms. The molecule has 1 unspecified atom stereocenters. The predicted octanol–water partition coefficient (Wildman–Crippen LogP) is 3.16. The first kappa shape index (κ1) is 14.0. The van der Waals surface area contributed by atoms with Gasteiger partial charge in [-0.2, -0.15) is 0 Å². The second-order valence-corrected chi connectivity index (χ2v) is 6.66. The molecule has 1 aliphatic rings. The first-order valence-electron chi connectivity index (χ1n) is 6.81. The van der Waals surface area contributed by atoms with Crippen LogP contribution in [0, 0.1) is 11.8 Å². The van der Waals surface area contributed by atoms with Crippen LogP contribution in [0.5, 0.6) is 0 Å². The van der Waals surface area contributed by atoms with Crippen molar-refractivity contribution < 1.29 is 4.74 Å². The molecule has 2 rings (SSSR count). The minimum absolute atomic E-state index is 0.228. The van der Waals surface area contributed by atoms with Crippen LogP contribution in [-0.2, 0) is 17.7 Å². The lowest BCUT2D eigenvalue weighted by Crippen LogP contribution is -2.07. The van der Waals surface area contributed by atoms with Gasteiger partial charge in [-0.05, 0) is 38.1 Å². The van der Waals surface area contributed by atoms with Crippen molar-refractivity contribution in [3.05, 3.63) is 15.6 Å². The SMILES string of the molecule is CNCc1sc(C(OC)C2CC2)nc1CC(C)C. The molecular weight excluding hydrogens is 244 g/mol. The van der Waals surface area contributed by atoms with Crippen molar-refractivity contribution >= 4 is 11.3 Å². The molecule has 0 bridgehead atoms. The van der Waals surface area contributed by atoms with Gasteiger partial charge in [-0.3, -0.25) is 0 Å². The average molecular weight is 268 g/mol. The van der Waals surface area contributed by atoms with Gasteiger partial charge in [0.25, 0.3) is 0 Å². The van der Waals surface area contributed by atoms with Gasteiger partial charge in [-0.25, -0.2) is 4.98 Å². The normalized spacial score (nSPS) is 17.4. The molecule has 1 N–H and O–H groups in total. The number of nitrogens with one attached hydrogen (secondary N) is 1. The van der Waals surface area contributed by atoms with E-state index in [2.05, 4.69) is 19.2 Å². The maximum atomic E-state index is 5.64. The molecule has 1 saturated carbocycles. The van der Waals surface area contributed by atoms with E-state index in [1.165, 1.54) is 28.4 Å². The van der Waals surface area contributed by atoms with E-state index >= 15 is 0 Å². The summed E-state index contributed by atoms with van der Waals surface area (Å²) in [5.74, 6) is 1.35. The Morgan fingerprint density at radius 1 is 1.44 bits per heavy atom. The third kappa shape index (κ3) is 3.31. The lowest BCUT2D eigenvalue weighted by Gasteiger charge is -2.10. The summed E-state index contributed by atoms with van der Waals surface area (Å²) in [4.78, 5) is 6.23. The van der Waals surface area contributed by atoms with Crippen LogP contribution in [0.25, 0.3) is 0 Å². The van der Waals surface area contributed by atoms with Crippen molar-refractivity contribution in [3.63, 3.8) is 0 Å². The summed E-state index contributed by atoms with van der Waals surface area (Å²) in [5.41, 5.74) is 1.27. The molecule has 18 heavy (non-hydrogen) atoms. The average Bonchev–Trinajstić information content (AvgIpc) is 3.06. The van der Waals surface area contributed by atoms with Gasteiger partial charge in [0.2, 0.25) is 0 Å². The van der Waals surface area contributed by atoms with Crippen LogP contribution in [0.15, 0.2) is 0 Å². The van der Waals surface area contributed by atoms with E-state index < -0.39 is 0 Å². The summed E-state index contributed by atoms with van der Waals surface area (Å²) in [7, 11) is 3.80. The van der Waals surface area contributed by atoms with Gasteiger partial charge < -0.3 is 10.1 Å². The molecule has 0 aromatic carbocycles. The second kappa shape index (κ2) is 6.13. The van der Waals surface area contributed by atoms with Crippen LogP contribution < -0.4 is 5.32 Å². The Labute approximate surface area is 114 Å². The number of rotatable bonds is 7. The molecule has 1 aromatic heterocycles. The van der Waals surface area contributed by atoms with Gasteiger partial charge in [0, 0.05) is 18.5 Å². The van der Waals surface area contributed by atoms with E-state index in [0.717, 1.165) is 13.0 Å². The monoisotopic (exact) mass is 268 g/mol. The molecule has 0 aliphatic heterocycles. The number of nitrogens with zero attached hydrogens (tertiary/aromatic N) is 1. The predicted molar refractivity (Wildman–Crippen MR) is 75.9 cm³/mol. The summed E-state index contributed by atoms with van der Waals surface area (Å²) in [6, 6.07) is 0. The molecule has 0 radical (unpaired) electrons. The van der Waals surface area contributed by atoms with Crippen LogP contribution in [-0.4, -0.2) is 19.1 Å². The second-order valence-electron chi connectivity index (χ2n) is 5.54. The summed E-state index contributed by atoms with van der Waals surface area (Å²) in [6.45, 7) is 5.41. The summed E-state index contributed by atoms with van der Waals surface area (Å²) in [6.07, 6.45) is 3.87. The van der Waals surface area contributed by atoms with Crippen LogP contribution in [0.1, 0.15) is 48.4 Å². The van der Waals surface area contributed by atoms with E-state index in [9.17, 15) is 0 Å². The number of hydrogen-bond acceptors (Lipinski definition) is 4. The topological polar surface area (TPSA) is 34.1 Å². The van der Waals surface area contributed by atoms with Crippen LogP contribution in [0.4, 0.5) is 0 Å². The quantitative estimate of drug-likeness (QED) is 0.825. The van der Waals surface area contributed by atoms with Crippen molar-refractivity contribution in [3.8, 4) is 0 Å². The Hall–Kier alpha value is -0.450. The standard InChI is InChI=1S/C14H24N2OS/c1-9(2)7-11-12(8-15-3)18-14(16-11)13(17-4)10-5-6-10/h9-10,13,15H,5-8H2,1-4H3. The molecule has 1 aliphatic carbocycles. The molecule has 1 atom stereocenters. The highest BCUT2D eigenvalue weighted by molar-refractivity contribution is 7.11. The lowest BCUT2D eigenvalue weighted by molar-refractivity contribution is 0.0842. The Morgan fingerprint density at radius 3 is 2.67 bits per heavy atom. The largest absolute Gasteiger partial charge is 0.374 e. The number of aromatic nitrogens is 1. The Kier molecular flexibility index (Phi) is 4.76. The van der Waals surface area contributed by atoms with Crippen LogP contribution >= 0.6 is 11.3 Å². The van der Waals surface area contributed by atoms with E-state index in [0.29, 0.717) is 11.8 Å². The van der Waals surface area contributed by atoms with Crippen molar-refractivity contribution in [1.29, 1.82) is 0 Å². The third-order valence-electron chi connectivity index (χ3n) is 3.28. The molecular formula is C14H24N2OS. The fourth-order valence-corrected chi connectivity index (χ4v) is 3.54. The van der Waals surface area contributed by atoms with Gasteiger partial charge in [0.1, 0.15) is 11.1 Å². The molecule has 3 nitrogen and oxygen atoms in total. The molecule has 102 valence electrons. The molecule has 1 aromatic rings. The zero-order valence-electron chi connectivity index (χ0n) is 11.8. The number of ether oxygens (including phenoxy) is 1. The zero-order chi connectivity index (χ0) is 13.1. The molecule has 4 heteroatoms. The molecule has 0 saturated heterocycles. The highest BCUT2D eigenvalue weighted by Gasteiger charge is 2.35. The first-order chi connectivity index (χ1) is 8.65. The molecule has 1 heterocycles. The minimum Gasteiger partial charge on any atom is -0.374 e. The Bertz CT molecular complexity index is 385. The van der Waals surface area contributed by atoms with E-state index in [1.54, 1.807) is 0 Å². The van der Waals surface area contributed by atoms with Crippen LogP contribution in [0.2, 0.25) is 0 Å². The fourth-order valence-electron chi connectivity index (χ4n) is 2.26. The van der Waals surface area contributed by atoms with Gasteiger partial charge in [0.15, 0.2) is 0 Å². The van der Waals surface area contributed by atoms with Crippen LogP contribution in [0.3, 0.4) is 0 Å². The highest BCUT2D eigenvalue weighted by atomic mass is 32.1. The maximum Gasteiger partial charge on any atom is 0.122 e. The van der Waals surface area contributed by atoms with E-state index in [4.69, 9.17) is 9.72 Å². The fraction of sp³-hybridized carbons (Fsp3) is 0.786. The third-order valence-corrected chi connectivity index (χ3v) is 4.44. The molecule has 1 fully saturated rings. The van der Waals surface area contributed by atoms with Crippen molar-refractivity contribution in [1.82, 2.24) is 10.3 Å². The van der Waals surface area contributed by atoms with Gasteiger partial charge >= 0.3 is 0 Å².